The predicted molar refractivity (Wildman–Crippen MR) is 120 cm³/mol. The Bertz CT molecular complexity index is 890. The minimum absolute atomic E-state index is 0.0868. The molecule has 1 aliphatic heterocycles. The van der Waals surface area contributed by atoms with Crippen molar-refractivity contribution in [2.75, 3.05) is 40.0 Å². The van der Waals surface area contributed by atoms with Gasteiger partial charge < -0.3 is 19.1 Å². The van der Waals surface area contributed by atoms with Gasteiger partial charge in [0.1, 0.15) is 31.1 Å². The lowest BCUT2D eigenvalue weighted by molar-refractivity contribution is -0.921. The molecule has 1 amide bonds. The van der Waals surface area contributed by atoms with Crippen LogP contribution < -0.4 is 19.8 Å². The van der Waals surface area contributed by atoms with Gasteiger partial charge in [-0.15, -0.1) is 0 Å². The van der Waals surface area contributed by atoms with Gasteiger partial charge in [0.2, 0.25) is 0 Å². The zero-order chi connectivity index (χ0) is 22.1. The van der Waals surface area contributed by atoms with Crippen LogP contribution in [0.25, 0.3) is 0 Å². The van der Waals surface area contributed by atoms with Gasteiger partial charge in [0, 0.05) is 5.56 Å². The van der Waals surface area contributed by atoms with Crippen LogP contribution in [0.4, 0.5) is 0 Å². The predicted octanol–water partition coefficient (Wildman–Crippen LogP) is 1.59. The lowest BCUT2D eigenvalue weighted by Gasteiger charge is -2.24. The van der Waals surface area contributed by atoms with E-state index in [4.69, 9.17) is 14.2 Å². The van der Waals surface area contributed by atoms with Crippen LogP contribution in [0.3, 0.4) is 0 Å². The van der Waals surface area contributed by atoms with Crippen molar-refractivity contribution in [3.8, 4) is 11.5 Å². The van der Waals surface area contributed by atoms with Crippen LogP contribution in [0.1, 0.15) is 30.5 Å². The van der Waals surface area contributed by atoms with Crippen LogP contribution in [0.5, 0.6) is 11.5 Å². The number of methoxy groups -OCH3 is 1. The molecule has 2 aromatic rings. The van der Waals surface area contributed by atoms with Crippen molar-refractivity contribution in [2.45, 2.75) is 26.8 Å². The molecule has 0 spiro atoms. The summed E-state index contributed by atoms with van der Waals surface area (Å²) in [5, 5.41) is 4.25. The number of hydrogen-bond donors (Lipinski definition) is 2. The normalized spacial score (nSPS) is 14.9. The number of benzene rings is 2. The molecule has 1 saturated heterocycles. The molecule has 7 nitrogen and oxygen atoms in total. The Morgan fingerprint density at radius 3 is 2.58 bits per heavy atom. The van der Waals surface area contributed by atoms with E-state index in [0.29, 0.717) is 5.75 Å². The monoisotopic (exact) mass is 426 g/mol. The average molecular weight is 427 g/mol. The number of hydrogen-bond acceptors (Lipinski definition) is 5. The van der Waals surface area contributed by atoms with E-state index in [2.05, 4.69) is 23.5 Å². The number of carbonyl (C=O) groups excluding carboxylic acids is 1. The molecule has 1 fully saturated rings. The first-order valence-corrected chi connectivity index (χ1v) is 10.7. The van der Waals surface area contributed by atoms with Crippen molar-refractivity contribution in [3.05, 3.63) is 59.2 Å². The van der Waals surface area contributed by atoms with Gasteiger partial charge in [0.05, 0.1) is 26.0 Å². The van der Waals surface area contributed by atoms with Gasteiger partial charge in [0.25, 0.3) is 5.91 Å². The van der Waals surface area contributed by atoms with Gasteiger partial charge in [-0.3, -0.25) is 4.79 Å². The van der Waals surface area contributed by atoms with Gasteiger partial charge in [0.15, 0.2) is 6.61 Å². The molecule has 0 bridgehead atoms. The highest BCUT2D eigenvalue weighted by Gasteiger charge is 2.17. The number of ether oxygens (including phenoxy) is 3. The fourth-order valence-corrected chi connectivity index (χ4v) is 3.46. The largest absolute Gasteiger partial charge is 0.496 e. The van der Waals surface area contributed by atoms with E-state index in [9.17, 15) is 4.79 Å². The number of amides is 1. The highest BCUT2D eigenvalue weighted by molar-refractivity contribution is 5.99. The summed E-state index contributed by atoms with van der Waals surface area (Å²) in [5.74, 6) is 1.23. The quantitative estimate of drug-likeness (QED) is 0.472. The maximum absolute atomic E-state index is 12.1. The highest BCUT2D eigenvalue weighted by atomic mass is 16.5. The maximum atomic E-state index is 12.1. The first-order valence-electron chi connectivity index (χ1n) is 10.7. The van der Waals surface area contributed by atoms with Crippen molar-refractivity contribution in [1.29, 1.82) is 0 Å². The number of nitrogens with zero attached hydrogens (tertiary/aromatic N) is 1. The molecule has 0 unspecified atom stereocenters. The first kappa shape index (κ1) is 22.8. The molecular weight excluding hydrogens is 394 g/mol. The Morgan fingerprint density at radius 2 is 1.90 bits per heavy atom. The second kappa shape index (κ2) is 11.5. The second-order valence-electron chi connectivity index (χ2n) is 7.58. The summed E-state index contributed by atoms with van der Waals surface area (Å²) < 4.78 is 16.5. The Morgan fingerprint density at radius 1 is 1.16 bits per heavy atom. The average Bonchev–Trinajstić information content (AvgIpc) is 2.82. The van der Waals surface area contributed by atoms with Gasteiger partial charge in [-0.1, -0.05) is 19.1 Å². The number of quaternary nitrogens is 1. The maximum Gasteiger partial charge on any atom is 0.277 e. The summed E-state index contributed by atoms with van der Waals surface area (Å²) in [6.07, 6.45) is 0.968. The number of carbonyl (C=O) groups is 1. The second-order valence-corrected chi connectivity index (χ2v) is 7.58. The van der Waals surface area contributed by atoms with E-state index >= 15 is 0 Å². The fourth-order valence-electron chi connectivity index (χ4n) is 3.46. The molecule has 0 radical (unpaired) electrons. The third kappa shape index (κ3) is 6.80. The lowest BCUT2D eigenvalue weighted by Crippen LogP contribution is -3.12. The summed E-state index contributed by atoms with van der Waals surface area (Å²) in [6.45, 7) is 8.29. The Balaban J connectivity index is 1.57. The molecule has 0 atom stereocenters. The van der Waals surface area contributed by atoms with E-state index in [-0.39, 0.29) is 12.5 Å². The molecule has 0 saturated carbocycles. The standard InChI is InChI=1S/C24H31N3O4/c1-4-19-5-8-22(9-6-19)31-17-24(28)26-25-18(2)20-7-10-23(29-3)21(15-20)16-27-11-13-30-14-12-27/h5-10,15H,4,11-14,16-17H2,1-3H3,(H,26,28)/p+1/b25-18-. The van der Waals surface area contributed by atoms with Crippen LogP contribution in [0.2, 0.25) is 0 Å². The molecule has 7 heteroatoms. The molecule has 2 aromatic carbocycles. The number of aryl methyl sites for hydroxylation is 1. The first-order chi connectivity index (χ1) is 15.1. The van der Waals surface area contributed by atoms with Crippen molar-refractivity contribution in [3.63, 3.8) is 0 Å². The topological polar surface area (TPSA) is 73.6 Å². The van der Waals surface area contributed by atoms with Crippen LogP contribution in [0.15, 0.2) is 47.6 Å². The van der Waals surface area contributed by atoms with Crippen LogP contribution in [0, 0.1) is 0 Å². The Kier molecular flexibility index (Phi) is 8.44. The summed E-state index contributed by atoms with van der Waals surface area (Å²) in [4.78, 5) is 13.6. The zero-order valence-corrected chi connectivity index (χ0v) is 18.6. The molecule has 31 heavy (non-hydrogen) atoms. The SMILES string of the molecule is CCc1ccc(OCC(=O)N/N=C(/C)c2ccc(OC)c(C[NH+]3CCOCC3)c2)cc1. The molecule has 0 aliphatic carbocycles. The van der Waals surface area contributed by atoms with E-state index < -0.39 is 0 Å². The van der Waals surface area contributed by atoms with E-state index in [1.54, 1.807) is 7.11 Å². The Labute approximate surface area is 184 Å². The third-order valence-corrected chi connectivity index (χ3v) is 5.39. The highest BCUT2D eigenvalue weighted by Crippen LogP contribution is 2.20. The zero-order valence-electron chi connectivity index (χ0n) is 18.6. The van der Waals surface area contributed by atoms with Gasteiger partial charge in [-0.2, -0.15) is 5.10 Å². The van der Waals surface area contributed by atoms with E-state index in [1.807, 2.05) is 43.3 Å². The Hall–Kier alpha value is -2.90. The molecular formula is C24H32N3O4+. The molecule has 1 aliphatic rings. The van der Waals surface area contributed by atoms with E-state index in [1.165, 1.54) is 10.5 Å². The molecule has 0 aromatic heterocycles. The van der Waals surface area contributed by atoms with Gasteiger partial charge in [-0.05, 0) is 54.8 Å². The molecule has 166 valence electrons. The minimum Gasteiger partial charge on any atom is -0.496 e. The van der Waals surface area contributed by atoms with Crippen molar-refractivity contribution < 1.29 is 23.9 Å². The summed E-state index contributed by atoms with van der Waals surface area (Å²) in [6, 6.07) is 13.7. The summed E-state index contributed by atoms with van der Waals surface area (Å²) in [5.41, 5.74) is 6.59. The van der Waals surface area contributed by atoms with Crippen LogP contribution in [-0.2, 0) is 22.5 Å². The number of nitrogens with one attached hydrogen (secondary N) is 2. The smallest absolute Gasteiger partial charge is 0.277 e. The molecule has 1 heterocycles. The van der Waals surface area contributed by atoms with Gasteiger partial charge >= 0.3 is 0 Å². The van der Waals surface area contributed by atoms with E-state index in [0.717, 1.165) is 61.9 Å². The molecule has 2 N–H and O–H groups in total. The summed E-state index contributed by atoms with van der Waals surface area (Å²) in [7, 11) is 1.68. The minimum atomic E-state index is -0.301. The van der Waals surface area contributed by atoms with Crippen molar-refractivity contribution in [1.82, 2.24) is 5.43 Å². The van der Waals surface area contributed by atoms with Gasteiger partial charge in [-0.25, -0.2) is 5.43 Å². The lowest BCUT2D eigenvalue weighted by atomic mass is 10.1. The fraction of sp³-hybridized carbons (Fsp3) is 0.417. The van der Waals surface area contributed by atoms with Crippen LogP contribution in [-0.4, -0.2) is 51.6 Å². The van der Waals surface area contributed by atoms with Crippen LogP contribution >= 0.6 is 0 Å². The van der Waals surface area contributed by atoms with Crippen molar-refractivity contribution in [2.24, 2.45) is 5.10 Å². The summed E-state index contributed by atoms with van der Waals surface area (Å²) >= 11 is 0. The number of hydrazone groups is 1. The number of rotatable bonds is 9. The molecule has 3 rings (SSSR count). The third-order valence-electron chi connectivity index (χ3n) is 5.39. The van der Waals surface area contributed by atoms with Crippen molar-refractivity contribution >= 4 is 11.6 Å². The number of morpholine rings is 1.